The lowest BCUT2D eigenvalue weighted by Gasteiger charge is -2.12. The van der Waals surface area contributed by atoms with Gasteiger partial charge in [0.15, 0.2) is 0 Å². The number of hydrogen-bond donors (Lipinski definition) is 1. The monoisotopic (exact) mass is 494 g/mol. The van der Waals surface area contributed by atoms with Crippen LogP contribution in [0.25, 0.3) is 6.08 Å². The van der Waals surface area contributed by atoms with Gasteiger partial charge in [0.2, 0.25) is 0 Å². The Balaban J connectivity index is 1.82. The lowest BCUT2D eigenvalue weighted by molar-refractivity contribution is -0.112. The van der Waals surface area contributed by atoms with E-state index in [0.717, 1.165) is 10.0 Å². The number of nitriles is 1. The summed E-state index contributed by atoms with van der Waals surface area (Å²) in [4.78, 5) is 12.6. The lowest BCUT2D eigenvalue weighted by Crippen LogP contribution is -2.13. The maximum absolute atomic E-state index is 12.6. The van der Waals surface area contributed by atoms with Crippen molar-refractivity contribution in [2.24, 2.45) is 0 Å². The normalized spacial score (nSPS) is 11.0. The Hall–Kier alpha value is -3.07. The Labute approximate surface area is 195 Å². The Bertz CT molecular complexity index is 1180. The molecule has 3 aromatic carbocycles. The molecule has 31 heavy (non-hydrogen) atoms. The summed E-state index contributed by atoms with van der Waals surface area (Å²) in [7, 11) is 0. The number of halogens is 2. The number of amides is 1. The summed E-state index contributed by atoms with van der Waals surface area (Å²) in [5, 5.41) is 12.8. The molecule has 0 radical (unpaired) electrons. The van der Waals surface area contributed by atoms with E-state index in [0.29, 0.717) is 28.6 Å². The number of nitrogens with one attached hydrogen (secondary N) is 1. The van der Waals surface area contributed by atoms with Gasteiger partial charge >= 0.3 is 0 Å². The molecule has 0 heterocycles. The average molecular weight is 496 g/mol. The fourth-order valence-corrected chi connectivity index (χ4v) is 3.36. The molecule has 0 unspecified atom stereocenters. The van der Waals surface area contributed by atoms with Crippen molar-refractivity contribution in [1.82, 2.24) is 0 Å². The van der Waals surface area contributed by atoms with Crippen LogP contribution in [0, 0.1) is 25.2 Å². The second kappa shape index (κ2) is 10.3. The number of aryl methyl sites for hydroxylation is 2. The zero-order valence-electron chi connectivity index (χ0n) is 17.1. The molecule has 0 bridgehead atoms. The lowest BCUT2D eigenvalue weighted by atomic mass is 10.1. The molecule has 3 aromatic rings. The van der Waals surface area contributed by atoms with Crippen LogP contribution in [0.15, 0.2) is 70.7 Å². The zero-order valence-corrected chi connectivity index (χ0v) is 19.4. The molecule has 1 N–H and O–H groups in total. The highest BCUT2D eigenvalue weighted by atomic mass is 79.9. The zero-order chi connectivity index (χ0) is 22.4. The van der Waals surface area contributed by atoms with E-state index in [9.17, 15) is 10.1 Å². The van der Waals surface area contributed by atoms with Gasteiger partial charge in [-0.25, -0.2) is 0 Å². The van der Waals surface area contributed by atoms with E-state index in [-0.39, 0.29) is 5.57 Å². The number of ether oxygens (including phenoxy) is 1. The molecule has 156 valence electrons. The van der Waals surface area contributed by atoms with Gasteiger partial charge in [-0.1, -0.05) is 45.7 Å². The van der Waals surface area contributed by atoms with E-state index < -0.39 is 5.91 Å². The van der Waals surface area contributed by atoms with Crippen molar-refractivity contribution in [3.05, 3.63) is 98.0 Å². The van der Waals surface area contributed by atoms with Gasteiger partial charge in [-0.15, -0.1) is 0 Å². The third-order valence-corrected chi connectivity index (χ3v) is 5.45. The van der Waals surface area contributed by atoms with Crippen LogP contribution in [0.2, 0.25) is 5.02 Å². The number of carbonyl (C=O) groups excluding carboxylic acids is 1. The van der Waals surface area contributed by atoms with Crippen LogP contribution in [0.4, 0.5) is 5.69 Å². The van der Waals surface area contributed by atoms with Crippen LogP contribution in [0.5, 0.6) is 5.75 Å². The van der Waals surface area contributed by atoms with E-state index in [4.69, 9.17) is 16.3 Å². The van der Waals surface area contributed by atoms with Crippen molar-refractivity contribution in [1.29, 1.82) is 5.26 Å². The van der Waals surface area contributed by atoms with Gasteiger partial charge < -0.3 is 10.1 Å². The summed E-state index contributed by atoms with van der Waals surface area (Å²) in [6.45, 7) is 4.50. The molecule has 0 saturated carbocycles. The predicted molar refractivity (Wildman–Crippen MR) is 128 cm³/mol. The molecule has 0 saturated heterocycles. The first-order chi connectivity index (χ1) is 14.9. The first kappa shape index (κ1) is 22.6. The summed E-state index contributed by atoms with van der Waals surface area (Å²) in [5.74, 6) is 0.0679. The third-order valence-electron chi connectivity index (χ3n) is 4.70. The quantitative estimate of drug-likeness (QED) is 0.301. The van der Waals surface area contributed by atoms with Crippen LogP contribution in [0.1, 0.15) is 22.3 Å². The minimum absolute atomic E-state index is 0.0379. The topological polar surface area (TPSA) is 62.1 Å². The second-order valence-corrected chi connectivity index (χ2v) is 8.37. The van der Waals surface area contributed by atoms with Crippen LogP contribution in [-0.4, -0.2) is 5.91 Å². The van der Waals surface area contributed by atoms with E-state index in [1.54, 1.807) is 24.3 Å². The summed E-state index contributed by atoms with van der Waals surface area (Å²) >= 11 is 9.31. The number of benzene rings is 3. The molecule has 4 nitrogen and oxygen atoms in total. The second-order valence-electron chi connectivity index (χ2n) is 7.02. The van der Waals surface area contributed by atoms with E-state index in [1.807, 2.05) is 30.3 Å². The largest absolute Gasteiger partial charge is 0.488 e. The Morgan fingerprint density at radius 3 is 2.52 bits per heavy atom. The van der Waals surface area contributed by atoms with Crippen LogP contribution in [-0.2, 0) is 11.4 Å². The summed E-state index contributed by atoms with van der Waals surface area (Å²) in [6.07, 6.45) is 1.52. The minimum Gasteiger partial charge on any atom is -0.488 e. The van der Waals surface area contributed by atoms with Gasteiger partial charge in [-0.05, 0) is 79.1 Å². The number of rotatable bonds is 6. The fraction of sp³-hybridized carbons (Fsp3) is 0.120. The SMILES string of the molecule is Cc1ccc(COc2ccc(Br)cc2/C=C(\C#N)C(=O)Nc2ccc(Cl)cc2)cc1C. The maximum Gasteiger partial charge on any atom is 0.266 e. The van der Waals surface area contributed by atoms with Crippen molar-refractivity contribution in [3.8, 4) is 11.8 Å². The van der Waals surface area contributed by atoms with Gasteiger partial charge in [0.1, 0.15) is 24.0 Å². The molecule has 0 aliphatic heterocycles. The van der Waals surface area contributed by atoms with Gasteiger partial charge in [-0.2, -0.15) is 5.26 Å². The number of carbonyl (C=O) groups is 1. The van der Waals surface area contributed by atoms with Crippen molar-refractivity contribution in [2.45, 2.75) is 20.5 Å². The van der Waals surface area contributed by atoms with Crippen LogP contribution in [0.3, 0.4) is 0 Å². The first-order valence-electron chi connectivity index (χ1n) is 9.53. The van der Waals surface area contributed by atoms with Crippen LogP contribution < -0.4 is 10.1 Å². The van der Waals surface area contributed by atoms with Gasteiger partial charge in [0.25, 0.3) is 5.91 Å². The summed E-state index contributed by atoms with van der Waals surface area (Å²) in [6, 6.07) is 20.3. The molecule has 0 aromatic heterocycles. The summed E-state index contributed by atoms with van der Waals surface area (Å²) in [5.41, 5.74) is 4.60. The first-order valence-corrected chi connectivity index (χ1v) is 10.7. The smallest absolute Gasteiger partial charge is 0.266 e. The highest BCUT2D eigenvalue weighted by molar-refractivity contribution is 9.10. The molecule has 0 aliphatic rings. The van der Waals surface area contributed by atoms with E-state index in [2.05, 4.69) is 47.2 Å². The number of hydrogen-bond acceptors (Lipinski definition) is 3. The molecule has 0 fully saturated rings. The molecule has 0 spiro atoms. The molecule has 3 rings (SSSR count). The van der Waals surface area contributed by atoms with Gasteiger partial charge in [0, 0.05) is 20.7 Å². The molecular formula is C25H20BrClN2O2. The standard InChI is InChI=1S/C25H20BrClN2O2/c1-16-3-4-18(11-17(16)2)15-31-24-10-5-21(26)13-19(24)12-20(14-28)25(30)29-23-8-6-22(27)7-9-23/h3-13H,15H2,1-2H3,(H,29,30)/b20-12+. The third kappa shape index (κ3) is 6.21. The van der Waals surface area contributed by atoms with E-state index >= 15 is 0 Å². The fourth-order valence-electron chi connectivity index (χ4n) is 2.85. The summed E-state index contributed by atoms with van der Waals surface area (Å²) < 4.78 is 6.82. The predicted octanol–water partition coefficient (Wildman–Crippen LogP) is 6.84. The molecule has 0 aliphatic carbocycles. The number of nitrogens with zero attached hydrogens (tertiary/aromatic N) is 1. The highest BCUT2D eigenvalue weighted by Gasteiger charge is 2.12. The average Bonchev–Trinajstić information content (AvgIpc) is 2.75. The molecular weight excluding hydrogens is 476 g/mol. The molecule has 0 atom stereocenters. The molecule has 1 amide bonds. The minimum atomic E-state index is -0.509. The van der Waals surface area contributed by atoms with Crippen molar-refractivity contribution >= 4 is 45.2 Å². The molecule has 6 heteroatoms. The van der Waals surface area contributed by atoms with Crippen molar-refractivity contribution < 1.29 is 9.53 Å². The Morgan fingerprint density at radius 1 is 1.10 bits per heavy atom. The Morgan fingerprint density at radius 2 is 1.84 bits per heavy atom. The number of anilines is 1. The van der Waals surface area contributed by atoms with Gasteiger partial charge in [-0.3, -0.25) is 4.79 Å². The van der Waals surface area contributed by atoms with Gasteiger partial charge in [0.05, 0.1) is 0 Å². The Kier molecular flexibility index (Phi) is 7.51. The van der Waals surface area contributed by atoms with Crippen LogP contribution >= 0.6 is 27.5 Å². The highest BCUT2D eigenvalue weighted by Crippen LogP contribution is 2.27. The maximum atomic E-state index is 12.6. The van der Waals surface area contributed by atoms with Crippen molar-refractivity contribution in [3.63, 3.8) is 0 Å². The van der Waals surface area contributed by atoms with Crippen molar-refractivity contribution in [2.75, 3.05) is 5.32 Å². The van der Waals surface area contributed by atoms with E-state index in [1.165, 1.54) is 17.2 Å².